The Kier molecular flexibility index (Phi) is 5.01. The lowest BCUT2D eigenvalue weighted by Gasteiger charge is -2.24. The number of nitrogens with zero attached hydrogens (tertiary/aromatic N) is 4. The molecule has 3 heterocycles. The second kappa shape index (κ2) is 7.71. The molecule has 1 amide bonds. The number of anilines is 1. The van der Waals surface area contributed by atoms with Crippen molar-refractivity contribution in [3.8, 4) is 10.4 Å². The van der Waals surface area contributed by atoms with Crippen LogP contribution >= 0.6 is 11.3 Å². The molecule has 2 aromatic heterocycles. The first-order chi connectivity index (χ1) is 14.9. The van der Waals surface area contributed by atoms with Gasteiger partial charge in [-0.25, -0.2) is 15.0 Å². The van der Waals surface area contributed by atoms with Crippen LogP contribution in [0.4, 0.5) is 5.95 Å². The van der Waals surface area contributed by atoms with Gasteiger partial charge in [-0.15, -0.1) is 11.3 Å². The fourth-order valence-electron chi connectivity index (χ4n) is 4.63. The van der Waals surface area contributed by atoms with Crippen LogP contribution in [0.25, 0.3) is 10.4 Å². The van der Waals surface area contributed by atoms with E-state index in [9.17, 15) is 4.79 Å². The van der Waals surface area contributed by atoms with Crippen LogP contribution in [0.5, 0.6) is 0 Å². The van der Waals surface area contributed by atoms with Crippen LogP contribution < -0.4 is 5.32 Å². The summed E-state index contributed by atoms with van der Waals surface area (Å²) in [5.74, 6) is 0.677. The van der Waals surface area contributed by atoms with Crippen molar-refractivity contribution >= 4 is 23.2 Å². The van der Waals surface area contributed by atoms with Crippen molar-refractivity contribution in [3.05, 3.63) is 58.5 Å². The van der Waals surface area contributed by atoms with Gasteiger partial charge in [0, 0.05) is 24.5 Å². The molecular formula is C24H27N5OS. The molecule has 1 atom stereocenters. The van der Waals surface area contributed by atoms with E-state index in [1.54, 1.807) is 11.3 Å². The molecule has 6 nitrogen and oxygen atoms in total. The van der Waals surface area contributed by atoms with Crippen molar-refractivity contribution in [2.75, 3.05) is 18.4 Å². The number of carbonyl (C=O) groups excluding carboxylic acids is 1. The molecule has 0 radical (unpaired) electrons. The van der Waals surface area contributed by atoms with Gasteiger partial charge in [0.2, 0.25) is 5.95 Å². The molecule has 160 valence electrons. The van der Waals surface area contributed by atoms with Crippen molar-refractivity contribution in [1.82, 2.24) is 19.9 Å². The monoisotopic (exact) mass is 433 g/mol. The quantitative estimate of drug-likeness (QED) is 0.635. The summed E-state index contributed by atoms with van der Waals surface area (Å²) in [7, 11) is 0. The predicted octanol–water partition coefficient (Wildman–Crippen LogP) is 4.63. The van der Waals surface area contributed by atoms with Crippen LogP contribution in [0, 0.1) is 26.2 Å². The number of likely N-dealkylation sites (tertiary alicyclic amines) is 1. The van der Waals surface area contributed by atoms with E-state index in [2.05, 4.69) is 20.3 Å². The number of hydrogen-bond donors (Lipinski definition) is 1. The Morgan fingerprint density at radius 1 is 1.13 bits per heavy atom. The van der Waals surface area contributed by atoms with Crippen molar-refractivity contribution in [2.45, 2.75) is 46.1 Å². The van der Waals surface area contributed by atoms with E-state index in [-0.39, 0.29) is 11.9 Å². The average Bonchev–Trinajstić information content (AvgIpc) is 3.22. The van der Waals surface area contributed by atoms with Gasteiger partial charge in [-0.2, -0.15) is 0 Å². The Balaban J connectivity index is 1.40. The highest BCUT2D eigenvalue weighted by atomic mass is 32.1. The van der Waals surface area contributed by atoms with E-state index in [4.69, 9.17) is 0 Å². The highest BCUT2D eigenvalue weighted by Crippen LogP contribution is 2.55. The molecular weight excluding hydrogens is 406 g/mol. The first-order valence-electron chi connectivity index (χ1n) is 10.8. The van der Waals surface area contributed by atoms with Crippen molar-refractivity contribution in [2.24, 2.45) is 5.41 Å². The molecule has 7 heteroatoms. The number of hydrogen-bond acceptors (Lipinski definition) is 6. The normalized spacial score (nSPS) is 19.1. The Bertz CT molecular complexity index is 1100. The van der Waals surface area contributed by atoms with Gasteiger partial charge >= 0.3 is 0 Å². The van der Waals surface area contributed by atoms with Gasteiger partial charge in [0.05, 0.1) is 15.9 Å². The lowest BCUT2D eigenvalue weighted by Crippen LogP contribution is -2.40. The maximum Gasteiger partial charge on any atom is 0.274 e. The number of nitrogens with one attached hydrogen (secondary N) is 1. The summed E-state index contributed by atoms with van der Waals surface area (Å²) in [6.07, 6.45) is 3.43. The maximum absolute atomic E-state index is 13.7. The molecule has 31 heavy (non-hydrogen) atoms. The van der Waals surface area contributed by atoms with E-state index >= 15 is 0 Å². The predicted molar refractivity (Wildman–Crippen MR) is 123 cm³/mol. The van der Waals surface area contributed by atoms with E-state index < -0.39 is 0 Å². The molecule has 1 unspecified atom stereocenters. The zero-order chi connectivity index (χ0) is 21.6. The average molecular weight is 434 g/mol. The molecule has 0 bridgehead atoms. The van der Waals surface area contributed by atoms with Gasteiger partial charge in [0.15, 0.2) is 0 Å². The summed E-state index contributed by atoms with van der Waals surface area (Å²) >= 11 is 1.59. The highest BCUT2D eigenvalue weighted by Gasteiger charge is 2.53. The minimum Gasteiger partial charge on any atom is -0.352 e. The van der Waals surface area contributed by atoms with Crippen LogP contribution in [-0.2, 0) is 0 Å². The molecule has 1 N–H and O–H groups in total. The van der Waals surface area contributed by atoms with Crippen LogP contribution in [0.2, 0.25) is 0 Å². The van der Waals surface area contributed by atoms with Crippen molar-refractivity contribution in [3.63, 3.8) is 0 Å². The summed E-state index contributed by atoms with van der Waals surface area (Å²) in [6.45, 7) is 7.38. The molecule has 2 fully saturated rings. The number of benzene rings is 1. The number of amides is 1. The van der Waals surface area contributed by atoms with Crippen LogP contribution in [0.1, 0.15) is 46.1 Å². The Hall–Kier alpha value is -2.80. The molecule has 1 spiro atoms. The number of aryl methyl sites for hydroxylation is 3. The summed E-state index contributed by atoms with van der Waals surface area (Å²) in [6, 6.07) is 12.2. The van der Waals surface area contributed by atoms with Gasteiger partial charge < -0.3 is 10.2 Å². The molecule has 1 saturated heterocycles. The molecule has 1 saturated carbocycles. The van der Waals surface area contributed by atoms with Crippen molar-refractivity contribution < 1.29 is 4.79 Å². The lowest BCUT2D eigenvalue weighted by atomic mass is 10.0. The summed E-state index contributed by atoms with van der Waals surface area (Å²) < 4.78 is 0. The fraction of sp³-hybridized carbons (Fsp3) is 0.417. The Morgan fingerprint density at radius 3 is 2.52 bits per heavy atom. The molecule has 5 rings (SSSR count). The highest BCUT2D eigenvalue weighted by molar-refractivity contribution is 7.15. The molecule has 2 aliphatic rings. The van der Waals surface area contributed by atoms with E-state index in [1.165, 1.54) is 12.8 Å². The second-order valence-electron chi connectivity index (χ2n) is 8.92. The Labute approximate surface area is 186 Å². The standard InChI is InChI=1S/C24H27N5OS/c1-15-11-16(2)27-23(26-15)25-13-19-12-24(9-10-24)14-29(19)22(30)20-21(31-17(3)28-20)18-7-5-4-6-8-18/h4-8,11,19H,9-10,12-14H2,1-3H3,(H,25,26,27). The molecule has 1 aliphatic carbocycles. The summed E-state index contributed by atoms with van der Waals surface area (Å²) in [5.41, 5.74) is 3.81. The van der Waals surface area contributed by atoms with Crippen LogP contribution in [0.3, 0.4) is 0 Å². The van der Waals surface area contributed by atoms with Crippen LogP contribution in [-0.4, -0.2) is 44.9 Å². The number of aromatic nitrogens is 3. The third kappa shape index (κ3) is 4.06. The zero-order valence-electron chi connectivity index (χ0n) is 18.2. The SMILES string of the molecule is Cc1cc(C)nc(NCC2CC3(CC3)CN2C(=O)c2nc(C)sc2-c2ccccc2)n1. The minimum atomic E-state index is 0.0418. The van der Waals surface area contributed by atoms with E-state index in [1.807, 2.05) is 62.1 Å². The maximum atomic E-state index is 13.7. The summed E-state index contributed by atoms with van der Waals surface area (Å²) in [5, 5.41) is 4.31. The lowest BCUT2D eigenvalue weighted by molar-refractivity contribution is 0.0733. The van der Waals surface area contributed by atoms with Gasteiger partial charge in [0.25, 0.3) is 5.91 Å². The summed E-state index contributed by atoms with van der Waals surface area (Å²) in [4.78, 5) is 30.4. The van der Waals surface area contributed by atoms with E-state index in [0.29, 0.717) is 23.6 Å². The topological polar surface area (TPSA) is 71.0 Å². The second-order valence-corrected chi connectivity index (χ2v) is 10.1. The van der Waals surface area contributed by atoms with Crippen LogP contribution in [0.15, 0.2) is 36.4 Å². The molecule has 1 aliphatic heterocycles. The first-order valence-corrected chi connectivity index (χ1v) is 11.6. The zero-order valence-corrected chi connectivity index (χ0v) is 19.0. The Morgan fingerprint density at radius 2 is 1.84 bits per heavy atom. The fourth-order valence-corrected chi connectivity index (χ4v) is 5.55. The minimum absolute atomic E-state index is 0.0418. The van der Waals surface area contributed by atoms with E-state index in [0.717, 1.165) is 39.8 Å². The smallest absolute Gasteiger partial charge is 0.274 e. The van der Waals surface area contributed by atoms with Gasteiger partial charge in [-0.05, 0) is 57.1 Å². The third-order valence-corrected chi connectivity index (χ3v) is 7.30. The molecule has 3 aromatic rings. The third-order valence-electron chi connectivity index (χ3n) is 6.28. The van der Waals surface area contributed by atoms with Gasteiger partial charge in [-0.3, -0.25) is 4.79 Å². The number of thiazole rings is 1. The van der Waals surface area contributed by atoms with Crippen molar-refractivity contribution in [1.29, 1.82) is 0 Å². The number of rotatable bonds is 5. The molecule has 1 aromatic carbocycles. The van der Waals surface area contributed by atoms with Gasteiger partial charge in [0.1, 0.15) is 5.69 Å². The number of carbonyl (C=O) groups is 1. The van der Waals surface area contributed by atoms with Gasteiger partial charge in [-0.1, -0.05) is 30.3 Å². The first kappa shape index (κ1) is 20.1. The largest absolute Gasteiger partial charge is 0.352 e.